The Morgan fingerprint density at radius 2 is 2.12 bits per heavy atom. The quantitative estimate of drug-likeness (QED) is 0.919. The molecule has 1 N–H and O–H groups in total. The number of benzene rings is 1. The summed E-state index contributed by atoms with van der Waals surface area (Å²) < 4.78 is 1.83. The molecule has 1 aromatic heterocycles. The first-order chi connectivity index (χ1) is 12.5. The molecule has 1 aromatic carbocycles. The Hall–Kier alpha value is -2.21. The molecule has 1 fully saturated rings. The van der Waals surface area contributed by atoms with Crippen LogP contribution in [0.25, 0.3) is 0 Å². The van der Waals surface area contributed by atoms with E-state index in [2.05, 4.69) is 47.7 Å². The Kier molecular flexibility index (Phi) is 4.53. The molecule has 26 heavy (non-hydrogen) atoms. The predicted octanol–water partition coefficient (Wildman–Crippen LogP) is 2.25. The molecule has 1 atom stereocenters. The molecule has 2 aliphatic rings. The summed E-state index contributed by atoms with van der Waals surface area (Å²) in [5.74, 6) is 0.532. The maximum Gasteiger partial charge on any atom is 0.276 e. The molecule has 0 unspecified atom stereocenters. The highest BCUT2D eigenvalue weighted by molar-refractivity contribution is 5.92. The maximum absolute atomic E-state index is 13.1. The van der Waals surface area contributed by atoms with Crippen LogP contribution in [0.2, 0.25) is 0 Å². The van der Waals surface area contributed by atoms with Gasteiger partial charge in [0.05, 0.1) is 6.20 Å². The molecule has 0 saturated carbocycles. The monoisotopic (exact) mass is 353 g/mol. The minimum Gasteiger partial charge on any atom is -0.327 e. The summed E-state index contributed by atoms with van der Waals surface area (Å²) in [6, 6.07) is 8.37. The van der Waals surface area contributed by atoms with Crippen LogP contribution >= 0.6 is 0 Å². The third kappa shape index (κ3) is 3.38. The third-order valence-electron chi connectivity index (χ3n) is 5.65. The van der Waals surface area contributed by atoms with Gasteiger partial charge in [-0.05, 0) is 63.2 Å². The van der Waals surface area contributed by atoms with Crippen molar-refractivity contribution >= 4 is 5.91 Å². The lowest BCUT2D eigenvalue weighted by Gasteiger charge is -2.43. The van der Waals surface area contributed by atoms with Crippen LogP contribution in [-0.2, 0) is 19.5 Å². The van der Waals surface area contributed by atoms with E-state index in [0.717, 1.165) is 26.1 Å². The molecule has 6 heteroatoms. The van der Waals surface area contributed by atoms with Crippen molar-refractivity contribution in [2.75, 3.05) is 13.1 Å². The highest BCUT2D eigenvalue weighted by Gasteiger charge is 2.37. The van der Waals surface area contributed by atoms with Crippen molar-refractivity contribution in [3.63, 3.8) is 0 Å². The van der Waals surface area contributed by atoms with Crippen molar-refractivity contribution in [3.05, 3.63) is 47.3 Å². The summed E-state index contributed by atoms with van der Waals surface area (Å²) in [7, 11) is 0. The largest absolute Gasteiger partial charge is 0.327 e. The van der Waals surface area contributed by atoms with Gasteiger partial charge in [-0.3, -0.25) is 9.48 Å². The SMILES string of the molecule is CC1(C)Cc2ccccc2CN1C(=O)c1cn(C[C@@H]2CCCNC2)nn1. The van der Waals surface area contributed by atoms with Crippen molar-refractivity contribution in [1.29, 1.82) is 0 Å². The average molecular weight is 353 g/mol. The Bertz CT molecular complexity index is 791. The lowest BCUT2D eigenvalue weighted by atomic mass is 9.85. The molecule has 0 spiro atoms. The van der Waals surface area contributed by atoms with E-state index < -0.39 is 0 Å². The second kappa shape index (κ2) is 6.83. The van der Waals surface area contributed by atoms with Gasteiger partial charge in [-0.15, -0.1) is 5.10 Å². The number of fused-ring (bicyclic) bond motifs is 1. The summed E-state index contributed by atoms with van der Waals surface area (Å²) in [5.41, 5.74) is 2.76. The van der Waals surface area contributed by atoms with Gasteiger partial charge in [-0.25, -0.2) is 0 Å². The number of hydrogen-bond acceptors (Lipinski definition) is 4. The number of rotatable bonds is 3. The topological polar surface area (TPSA) is 63.1 Å². The zero-order chi connectivity index (χ0) is 18.1. The lowest BCUT2D eigenvalue weighted by Crippen LogP contribution is -2.51. The van der Waals surface area contributed by atoms with E-state index in [9.17, 15) is 4.79 Å². The molecule has 138 valence electrons. The lowest BCUT2D eigenvalue weighted by molar-refractivity contribution is 0.0482. The summed E-state index contributed by atoms with van der Waals surface area (Å²) in [5, 5.41) is 11.8. The van der Waals surface area contributed by atoms with Crippen molar-refractivity contribution in [1.82, 2.24) is 25.2 Å². The zero-order valence-electron chi connectivity index (χ0n) is 15.6. The third-order valence-corrected chi connectivity index (χ3v) is 5.65. The second-order valence-electron chi connectivity index (χ2n) is 8.19. The first-order valence-corrected chi connectivity index (χ1v) is 9.52. The molecule has 3 heterocycles. The van der Waals surface area contributed by atoms with Gasteiger partial charge in [0.1, 0.15) is 0 Å². The smallest absolute Gasteiger partial charge is 0.276 e. The van der Waals surface area contributed by atoms with Crippen LogP contribution in [0, 0.1) is 5.92 Å². The standard InChI is InChI=1S/C20H27N5O/c1-20(2)10-16-7-3-4-8-17(16)13-25(20)19(26)18-14-24(23-22-18)12-15-6-5-9-21-11-15/h3-4,7-8,14-15,21H,5-6,9-13H2,1-2H3/t15-/m1/s1. The first kappa shape index (κ1) is 17.2. The first-order valence-electron chi connectivity index (χ1n) is 9.52. The maximum atomic E-state index is 13.1. The van der Waals surface area contributed by atoms with E-state index in [4.69, 9.17) is 0 Å². The van der Waals surface area contributed by atoms with E-state index in [1.807, 2.05) is 21.8 Å². The Balaban J connectivity index is 1.50. The molecule has 2 aliphatic heterocycles. The fraction of sp³-hybridized carbons (Fsp3) is 0.550. The molecule has 4 rings (SSSR count). The van der Waals surface area contributed by atoms with Crippen molar-refractivity contribution in [3.8, 4) is 0 Å². The number of carbonyl (C=O) groups is 1. The number of piperidine rings is 1. The fourth-order valence-electron chi connectivity index (χ4n) is 4.15. The van der Waals surface area contributed by atoms with Gasteiger partial charge in [0.15, 0.2) is 5.69 Å². The summed E-state index contributed by atoms with van der Waals surface area (Å²) in [6.07, 6.45) is 5.07. The minimum atomic E-state index is -0.234. The van der Waals surface area contributed by atoms with Gasteiger partial charge >= 0.3 is 0 Å². The molecule has 6 nitrogen and oxygen atoms in total. The number of carbonyl (C=O) groups excluding carboxylic acids is 1. The molecule has 1 saturated heterocycles. The number of amides is 1. The van der Waals surface area contributed by atoms with Crippen LogP contribution in [0.1, 0.15) is 48.3 Å². The van der Waals surface area contributed by atoms with Gasteiger partial charge in [-0.1, -0.05) is 29.5 Å². The number of nitrogens with one attached hydrogen (secondary N) is 1. The van der Waals surface area contributed by atoms with Gasteiger partial charge in [-0.2, -0.15) is 0 Å². The van der Waals surface area contributed by atoms with E-state index in [1.54, 1.807) is 0 Å². The van der Waals surface area contributed by atoms with Gasteiger partial charge in [0, 0.05) is 18.6 Å². The average Bonchev–Trinajstić information content (AvgIpc) is 3.09. The molecule has 0 bridgehead atoms. The minimum absolute atomic E-state index is 0.0301. The number of aromatic nitrogens is 3. The van der Waals surface area contributed by atoms with E-state index >= 15 is 0 Å². The Labute approximate surface area is 154 Å². The van der Waals surface area contributed by atoms with Crippen LogP contribution in [0.15, 0.2) is 30.5 Å². The highest BCUT2D eigenvalue weighted by atomic mass is 16.2. The molecule has 2 aromatic rings. The van der Waals surface area contributed by atoms with Gasteiger partial charge in [0.25, 0.3) is 5.91 Å². The highest BCUT2D eigenvalue weighted by Crippen LogP contribution is 2.31. The van der Waals surface area contributed by atoms with Crippen LogP contribution < -0.4 is 5.32 Å². The fourth-order valence-corrected chi connectivity index (χ4v) is 4.15. The number of hydrogen-bond donors (Lipinski definition) is 1. The molecular formula is C20H27N5O. The van der Waals surface area contributed by atoms with E-state index in [0.29, 0.717) is 18.2 Å². The van der Waals surface area contributed by atoms with Gasteiger partial charge < -0.3 is 10.2 Å². The molecule has 0 aliphatic carbocycles. The summed E-state index contributed by atoms with van der Waals surface area (Å²) in [4.78, 5) is 15.1. The van der Waals surface area contributed by atoms with Crippen molar-refractivity contribution in [2.45, 2.75) is 51.7 Å². The van der Waals surface area contributed by atoms with Gasteiger partial charge in [0.2, 0.25) is 0 Å². The normalized spacial score (nSPS) is 22.1. The van der Waals surface area contributed by atoms with Crippen molar-refractivity contribution < 1.29 is 4.79 Å². The van der Waals surface area contributed by atoms with Crippen LogP contribution in [0.4, 0.5) is 0 Å². The Morgan fingerprint density at radius 1 is 1.31 bits per heavy atom. The molecular weight excluding hydrogens is 326 g/mol. The molecule has 1 amide bonds. The molecule has 0 radical (unpaired) electrons. The Morgan fingerprint density at radius 3 is 2.88 bits per heavy atom. The number of nitrogens with zero attached hydrogens (tertiary/aromatic N) is 4. The summed E-state index contributed by atoms with van der Waals surface area (Å²) in [6.45, 7) is 7.81. The predicted molar refractivity (Wildman–Crippen MR) is 99.7 cm³/mol. The van der Waals surface area contributed by atoms with Crippen LogP contribution in [0.3, 0.4) is 0 Å². The zero-order valence-corrected chi connectivity index (χ0v) is 15.6. The van der Waals surface area contributed by atoms with E-state index in [1.165, 1.54) is 24.0 Å². The second-order valence-corrected chi connectivity index (χ2v) is 8.19. The summed E-state index contributed by atoms with van der Waals surface area (Å²) >= 11 is 0. The van der Waals surface area contributed by atoms with E-state index in [-0.39, 0.29) is 11.4 Å². The van der Waals surface area contributed by atoms with Crippen molar-refractivity contribution in [2.24, 2.45) is 5.92 Å². The van der Waals surface area contributed by atoms with Crippen LogP contribution in [-0.4, -0.2) is 44.4 Å². The van der Waals surface area contributed by atoms with Crippen LogP contribution in [0.5, 0.6) is 0 Å².